The molecule has 1 aromatic heterocycles. The van der Waals surface area contributed by atoms with Gasteiger partial charge < -0.3 is 10.1 Å². The number of halogens is 2. The van der Waals surface area contributed by atoms with Gasteiger partial charge in [0.15, 0.2) is 0 Å². The van der Waals surface area contributed by atoms with E-state index in [1.807, 2.05) is 0 Å². The summed E-state index contributed by atoms with van der Waals surface area (Å²) >= 11 is 8.94. The Labute approximate surface area is 146 Å². The zero-order valence-corrected chi connectivity index (χ0v) is 15.9. The molecule has 112 valence electrons. The lowest BCUT2D eigenvalue weighted by atomic mass is 10.0. The number of benzene rings is 1. The maximum absolute atomic E-state index is 5.80. The minimum atomic E-state index is 0.226. The lowest BCUT2D eigenvalue weighted by Crippen LogP contribution is -2.21. The second-order valence-electron chi connectivity index (χ2n) is 5.26. The number of nitrogens with one attached hydrogen (secondary N) is 1. The van der Waals surface area contributed by atoms with Crippen LogP contribution in [0, 0.1) is 0 Å². The van der Waals surface area contributed by atoms with Crippen molar-refractivity contribution in [2.75, 3.05) is 6.54 Å². The van der Waals surface area contributed by atoms with Gasteiger partial charge in [0.05, 0.1) is 9.83 Å². The Morgan fingerprint density at radius 2 is 2.19 bits per heavy atom. The second kappa shape index (κ2) is 6.41. The first-order valence-corrected chi connectivity index (χ1v) is 9.46. The van der Waals surface area contributed by atoms with Crippen LogP contribution >= 0.6 is 43.2 Å². The molecular formula is C16H17Br2NOS. The number of hydrogen-bond donors (Lipinski definition) is 1. The minimum absolute atomic E-state index is 0.226. The molecule has 0 saturated heterocycles. The van der Waals surface area contributed by atoms with E-state index < -0.39 is 0 Å². The van der Waals surface area contributed by atoms with E-state index in [9.17, 15) is 0 Å². The van der Waals surface area contributed by atoms with E-state index in [4.69, 9.17) is 4.74 Å². The van der Waals surface area contributed by atoms with Crippen molar-refractivity contribution < 1.29 is 4.74 Å². The van der Waals surface area contributed by atoms with E-state index in [2.05, 4.69) is 75.3 Å². The smallest absolute Gasteiger partial charge is 0.123 e. The van der Waals surface area contributed by atoms with Gasteiger partial charge in [0.1, 0.15) is 11.9 Å². The highest BCUT2D eigenvalue weighted by Crippen LogP contribution is 2.39. The summed E-state index contributed by atoms with van der Waals surface area (Å²) in [5.41, 5.74) is 2.62. The standard InChI is InChI=1S/C16H17Br2NOS/c1-3-19-15(14-8-12(17)16(18)21-14)10-4-5-13-11(7-10)6-9(2)20-13/h4-5,7-9,15,19H,3,6H2,1-2H3. The molecule has 1 aliphatic rings. The topological polar surface area (TPSA) is 21.3 Å². The lowest BCUT2D eigenvalue weighted by Gasteiger charge is -2.17. The summed E-state index contributed by atoms with van der Waals surface area (Å²) < 4.78 is 8.05. The van der Waals surface area contributed by atoms with Crippen molar-refractivity contribution in [2.24, 2.45) is 0 Å². The van der Waals surface area contributed by atoms with Crippen LogP contribution in [0.5, 0.6) is 5.75 Å². The monoisotopic (exact) mass is 429 g/mol. The first-order valence-electron chi connectivity index (χ1n) is 7.06. The highest BCUT2D eigenvalue weighted by Gasteiger charge is 2.22. The maximum atomic E-state index is 5.80. The van der Waals surface area contributed by atoms with Crippen LogP contribution in [0.15, 0.2) is 32.5 Å². The molecule has 5 heteroatoms. The Kier molecular flexibility index (Phi) is 4.74. The molecule has 0 saturated carbocycles. The Hall–Kier alpha value is -0.360. The number of ether oxygens (including phenoxy) is 1. The average Bonchev–Trinajstić information content (AvgIpc) is 2.97. The van der Waals surface area contributed by atoms with Crippen molar-refractivity contribution in [3.63, 3.8) is 0 Å². The molecule has 0 fully saturated rings. The van der Waals surface area contributed by atoms with Crippen LogP contribution in [0.4, 0.5) is 0 Å². The SMILES string of the molecule is CCNC(c1ccc2c(c1)CC(C)O2)c1cc(Br)c(Br)s1. The normalized spacial score (nSPS) is 18.4. The van der Waals surface area contributed by atoms with Gasteiger partial charge in [-0.3, -0.25) is 0 Å². The van der Waals surface area contributed by atoms with Crippen LogP contribution in [-0.4, -0.2) is 12.6 Å². The molecule has 3 rings (SSSR count). The molecule has 0 spiro atoms. The average molecular weight is 431 g/mol. The summed E-state index contributed by atoms with van der Waals surface area (Å²) in [6.07, 6.45) is 1.29. The predicted octanol–water partition coefficient (Wildman–Crippen LogP) is 5.30. The molecule has 0 bridgehead atoms. The summed E-state index contributed by atoms with van der Waals surface area (Å²) in [7, 11) is 0. The fraction of sp³-hybridized carbons (Fsp3) is 0.375. The van der Waals surface area contributed by atoms with Crippen molar-refractivity contribution in [2.45, 2.75) is 32.4 Å². The van der Waals surface area contributed by atoms with Crippen LogP contribution in [-0.2, 0) is 6.42 Å². The van der Waals surface area contributed by atoms with Crippen LogP contribution in [0.25, 0.3) is 0 Å². The molecule has 2 heterocycles. The molecule has 1 N–H and O–H groups in total. The van der Waals surface area contributed by atoms with Crippen molar-refractivity contribution in [1.29, 1.82) is 0 Å². The minimum Gasteiger partial charge on any atom is -0.490 e. The molecule has 0 aliphatic carbocycles. The molecule has 2 unspecified atom stereocenters. The van der Waals surface area contributed by atoms with E-state index in [1.165, 1.54) is 16.0 Å². The Bertz CT molecular complexity index is 636. The first-order chi connectivity index (χ1) is 10.1. The molecule has 0 radical (unpaired) electrons. The Balaban J connectivity index is 1.96. The van der Waals surface area contributed by atoms with Crippen molar-refractivity contribution in [3.8, 4) is 5.75 Å². The zero-order valence-electron chi connectivity index (χ0n) is 12.0. The summed E-state index contributed by atoms with van der Waals surface area (Å²) in [4.78, 5) is 1.31. The van der Waals surface area contributed by atoms with Crippen molar-refractivity contribution in [3.05, 3.63) is 48.5 Å². The fourth-order valence-electron chi connectivity index (χ4n) is 2.71. The van der Waals surface area contributed by atoms with Gasteiger partial charge in [0, 0.05) is 15.8 Å². The third-order valence-corrected chi connectivity index (χ3v) is 6.93. The second-order valence-corrected chi connectivity index (χ2v) is 8.52. The molecule has 2 atom stereocenters. The largest absolute Gasteiger partial charge is 0.490 e. The number of fused-ring (bicyclic) bond motifs is 1. The van der Waals surface area contributed by atoms with E-state index in [1.54, 1.807) is 11.3 Å². The molecule has 0 amide bonds. The van der Waals surface area contributed by atoms with E-state index in [0.717, 1.165) is 27.0 Å². The molecule has 2 nitrogen and oxygen atoms in total. The zero-order chi connectivity index (χ0) is 15.0. The number of rotatable bonds is 4. The Morgan fingerprint density at radius 3 is 2.86 bits per heavy atom. The Morgan fingerprint density at radius 1 is 1.38 bits per heavy atom. The summed E-state index contributed by atoms with van der Waals surface area (Å²) in [6, 6.07) is 8.98. The lowest BCUT2D eigenvalue weighted by molar-refractivity contribution is 0.254. The first kappa shape index (κ1) is 15.5. The molecule has 1 aliphatic heterocycles. The summed E-state index contributed by atoms with van der Waals surface area (Å²) in [5, 5.41) is 3.59. The van der Waals surface area contributed by atoms with Crippen LogP contribution in [0.3, 0.4) is 0 Å². The van der Waals surface area contributed by atoms with Gasteiger partial charge in [-0.2, -0.15) is 0 Å². The van der Waals surface area contributed by atoms with Gasteiger partial charge in [-0.05, 0) is 68.6 Å². The highest BCUT2D eigenvalue weighted by atomic mass is 79.9. The van der Waals surface area contributed by atoms with Crippen molar-refractivity contribution >= 4 is 43.2 Å². The summed E-state index contributed by atoms with van der Waals surface area (Å²) in [5.74, 6) is 1.04. The maximum Gasteiger partial charge on any atom is 0.123 e. The van der Waals surface area contributed by atoms with E-state index in [-0.39, 0.29) is 12.1 Å². The molecule has 2 aromatic rings. The van der Waals surface area contributed by atoms with E-state index in [0.29, 0.717) is 0 Å². The predicted molar refractivity (Wildman–Crippen MR) is 95.5 cm³/mol. The summed E-state index contributed by atoms with van der Waals surface area (Å²) in [6.45, 7) is 5.19. The third kappa shape index (κ3) is 3.21. The van der Waals surface area contributed by atoms with Crippen molar-refractivity contribution in [1.82, 2.24) is 5.32 Å². The molecule has 21 heavy (non-hydrogen) atoms. The van der Waals surface area contributed by atoms with Crippen LogP contribution in [0.1, 0.15) is 35.9 Å². The molecule has 1 aromatic carbocycles. The van der Waals surface area contributed by atoms with Gasteiger partial charge in [0.25, 0.3) is 0 Å². The van der Waals surface area contributed by atoms with Crippen LogP contribution < -0.4 is 10.1 Å². The fourth-order valence-corrected chi connectivity index (χ4v) is 4.91. The van der Waals surface area contributed by atoms with Gasteiger partial charge in [-0.1, -0.05) is 19.1 Å². The van der Waals surface area contributed by atoms with E-state index >= 15 is 0 Å². The highest BCUT2D eigenvalue weighted by molar-refractivity contribution is 9.13. The van der Waals surface area contributed by atoms with Crippen LogP contribution in [0.2, 0.25) is 0 Å². The third-order valence-electron chi connectivity index (χ3n) is 3.61. The van der Waals surface area contributed by atoms with Gasteiger partial charge in [-0.15, -0.1) is 11.3 Å². The van der Waals surface area contributed by atoms with Gasteiger partial charge in [-0.25, -0.2) is 0 Å². The number of hydrogen-bond acceptors (Lipinski definition) is 3. The quantitative estimate of drug-likeness (QED) is 0.710. The van der Waals surface area contributed by atoms with Gasteiger partial charge >= 0.3 is 0 Å². The molecular weight excluding hydrogens is 414 g/mol. The number of thiophene rings is 1. The van der Waals surface area contributed by atoms with Gasteiger partial charge in [0.2, 0.25) is 0 Å².